The number of carbonyl (C=O) groups excluding carboxylic acids is 3. The summed E-state index contributed by atoms with van der Waals surface area (Å²) in [5, 5.41) is 3.07. The number of benzene rings is 2. The molecule has 0 fully saturated rings. The van der Waals surface area contributed by atoms with Gasteiger partial charge in [-0.25, -0.2) is 4.39 Å². The average molecular weight is 392 g/mol. The number of halogens is 2. The molecule has 0 saturated heterocycles. The van der Waals surface area contributed by atoms with Crippen LogP contribution in [0, 0.1) is 11.7 Å². The van der Waals surface area contributed by atoms with Crippen LogP contribution in [0.1, 0.15) is 34.6 Å². The minimum absolute atomic E-state index is 0.222. The van der Waals surface area contributed by atoms with Crippen LogP contribution >= 0.6 is 11.6 Å². The van der Waals surface area contributed by atoms with Gasteiger partial charge in [0, 0.05) is 16.1 Å². The summed E-state index contributed by atoms with van der Waals surface area (Å²) in [5.41, 5.74) is 5.13. The second-order valence-electron chi connectivity index (χ2n) is 6.15. The highest BCUT2D eigenvalue weighted by atomic mass is 35.5. The Labute approximate surface area is 161 Å². The summed E-state index contributed by atoms with van der Waals surface area (Å²) in [6.45, 7) is 3.49. The van der Waals surface area contributed by atoms with Crippen LogP contribution in [0.25, 0.3) is 0 Å². The Kier molecular flexibility index (Phi) is 6.90. The fourth-order valence-corrected chi connectivity index (χ4v) is 2.36. The molecule has 6 nitrogen and oxygen atoms in total. The zero-order valence-corrected chi connectivity index (χ0v) is 15.5. The summed E-state index contributed by atoms with van der Waals surface area (Å²) in [6, 6.07) is 10.2. The number of rotatable bonds is 5. The minimum atomic E-state index is -0.895. The van der Waals surface area contributed by atoms with E-state index in [-0.39, 0.29) is 11.5 Å². The Morgan fingerprint density at radius 3 is 1.93 bits per heavy atom. The van der Waals surface area contributed by atoms with Crippen LogP contribution in [0.15, 0.2) is 48.5 Å². The summed E-state index contributed by atoms with van der Waals surface area (Å²) >= 11 is 5.77. The van der Waals surface area contributed by atoms with Gasteiger partial charge in [-0.05, 0) is 54.4 Å². The van der Waals surface area contributed by atoms with E-state index in [0.717, 1.165) is 12.1 Å². The molecule has 1 unspecified atom stereocenters. The third kappa shape index (κ3) is 5.79. The molecule has 1 atom stereocenters. The van der Waals surface area contributed by atoms with Gasteiger partial charge in [0.2, 0.25) is 0 Å². The average Bonchev–Trinajstić information content (AvgIpc) is 2.64. The van der Waals surface area contributed by atoms with Crippen molar-refractivity contribution in [3.05, 3.63) is 70.5 Å². The van der Waals surface area contributed by atoms with Crippen molar-refractivity contribution in [2.24, 2.45) is 5.92 Å². The molecule has 0 saturated carbocycles. The Bertz CT molecular complexity index is 823. The molecule has 142 valence electrons. The van der Waals surface area contributed by atoms with Crippen LogP contribution in [0.3, 0.4) is 0 Å². The van der Waals surface area contributed by atoms with Crippen LogP contribution < -0.4 is 16.2 Å². The summed E-state index contributed by atoms with van der Waals surface area (Å²) in [4.78, 5) is 36.7. The van der Waals surface area contributed by atoms with E-state index in [0.29, 0.717) is 10.6 Å². The van der Waals surface area contributed by atoms with E-state index in [9.17, 15) is 18.8 Å². The van der Waals surface area contributed by atoms with Crippen LogP contribution in [-0.4, -0.2) is 23.8 Å². The molecule has 3 N–H and O–H groups in total. The number of amides is 3. The van der Waals surface area contributed by atoms with Crippen LogP contribution in [0.4, 0.5) is 4.39 Å². The van der Waals surface area contributed by atoms with Crippen LogP contribution in [0.2, 0.25) is 5.02 Å². The first-order chi connectivity index (χ1) is 12.8. The zero-order chi connectivity index (χ0) is 20.0. The predicted octanol–water partition coefficient (Wildman–Crippen LogP) is 2.69. The first-order valence-corrected chi connectivity index (χ1v) is 8.58. The van der Waals surface area contributed by atoms with E-state index >= 15 is 0 Å². The van der Waals surface area contributed by atoms with Crippen LogP contribution in [0.5, 0.6) is 0 Å². The van der Waals surface area contributed by atoms with Gasteiger partial charge in [0.15, 0.2) is 0 Å². The first-order valence-electron chi connectivity index (χ1n) is 8.20. The van der Waals surface area contributed by atoms with Gasteiger partial charge in [-0.1, -0.05) is 25.4 Å². The molecular weight excluding hydrogens is 373 g/mol. The highest BCUT2D eigenvalue weighted by Crippen LogP contribution is 2.09. The molecule has 3 amide bonds. The molecule has 27 heavy (non-hydrogen) atoms. The Morgan fingerprint density at radius 2 is 1.37 bits per heavy atom. The van der Waals surface area contributed by atoms with Gasteiger partial charge in [0.05, 0.1) is 0 Å². The SMILES string of the molecule is CC(C)C(NC(=O)c1ccc(F)cc1)C(=O)NNC(=O)c1ccc(Cl)cc1. The number of hydrogen-bond acceptors (Lipinski definition) is 3. The smallest absolute Gasteiger partial charge is 0.269 e. The fraction of sp³-hybridized carbons (Fsp3) is 0.211. The van der Waals surface area contributed by atoms with E-state index in [1.54, 1.807) is 26.0 Å². The zero-order valence-electron chi connectivity index (χ0n) is 14.8. The van der Waals surface area contributed by atoms with E-state index in [1.165, 1.54) is 24.3 Å². The first kappa shape index (κ1) is 20.4. The van der Waals surface area contributed by atoms with Crippen molar-refractivity contribution >= 4 is 29.3 Å². The molecule has 0 bridgehead atoms. The topological polar surface area (TPSA) is 87.3 Å². The third-order valence-corrected chi connectivity index (χ3v) is 4.00. The summed E-state index contributed by atoms with van der Waals surface area (Å²) in [7, 11) is 0. The lowest BCUT2D eigenvalue weighted by Gasteiger charge is -2.22. The van der Waals surface area contributed by atoms with Gasteiger partial charge in [-0.2, -0.15) is 0 Å². The Balaban J connectivity index is 1.97. The maximum atomic E-state index is 13.0. The number of carbonyl (C=O) groups is 3. The Hall–Kier alpha value is -2.93. The van der Waals surface area contributed by atoms with Crippen molar-refractivity contribution < 1.29 is 18.8 Å². The molecule has 0 aliphatic heterocycles. The lowest BCUT2D eigenvalue weighted by Crippen LogP contribution is -2.54. The maximum Gasteiger partial charge on any atom is 0.269 e. The normalized spacial score (nSPS) is 11.6. The van der Waals surface area contributed by atoms with Gasteiger partial charge in [0.25, 0.3) is 17.7 Å². The summed E-state index contributed by atoms with van der Waals surface area (Å²) in [5.74, 6) is -2.33. The molecule has 0 aliphatic carbocycles. The van der Waals surface area contributed by atoms with Crippen molar-refractivity contribution in [2.45, 2.75) is 19.9 Å². The lowest BCUT2D eigenvalue weighted by atomic mass is 10.0. The highest BCUT2D eigenvalue weighted by molar-refractivity contribution is 6.30. The summed E-state index contributed by atoms with van der Waals surface area (Å²) in [6.07, 6.45) is 0. The molecular formula is C19H19ClFN3O3. The van der Waals surface area contributed by atoms with E-state index in [1.807, 2.05) is 0 Å². The third-order valence-electron chi connectivity index (χ3n) is 3.75. The predicted molar refractivity (Wildman–Crippen MR) is 99.6 cm³/mol. The second-order valence-corrected chi connectivity index (χ2v) is 6.59. The van der Waals surface area contributed by atoms with Crippen molar-refractivity contribution in [2.75, 3.05) is 0 Å². The number of hydrogen-bond donors (Lipinski definition) is 3. The van der Waals surface area contributed by atoms with E-state index in [4.69, 9.17) is 11.6 Å². The maximum absolute atomic E-state index is 13.0. The highest BCUT2D eigenvalue weighted by Gasteiger charge is 2.25. The van der Waals surface area contributed by atoms with Gasteiger partial charge in [-0.3, -0.25) is 25.2 Å². The van der Waals surface area contributed by atoms with Crippen LogP contribution in [-0.2, 0) is 4.79 Å². The van der Waals surface area contributed by atoms with Crippen molar-refractivity contribution in [1.82, 2.24) is 16.2 Å². The molecule has 0 aromatic heterocycles. The van der Waals surface area contributed by atoms with Gasteiger partial charge in [-0.15, -0.1) is 0 Å². The van der Waals surface area contributed by atoms with Crippen molar-refractivity contribution in [3.8, 4) is 0 Å². The number of nitrogens with one attached hydrogen (secondary N) is 3. The summed E-state index contributed by atoms with van der Waals surface area (Å²) < 4.78 is 13.0. The molecule has 8 heteroatoms. The van der Waals surface area contributed by atoms with Gasteiger partial charge in [0.1, 0.15) is 11.9 Å². The minimum Gasteiger partial charge on any atom is -0.340 e. The quantitative estimate of drug-likeness (QED) is 0.685. The van der Waals surface area contributed by atoms with Crippen molar-refractivity contribution in [1.29, 1.82) is 0 Å². The largest absolute Gasteiger partial charge is 0.340 e. The molecule has 0 radical (unpaired) electrons. The second kappa shape index (κ2) is 9.14. The molecule has 2 aromatic rings. The molecule has 0 aliphatic rings. The molecule has 2 rings (SSSR count). The fourth-order valence-electron chi connectivity index (χ4n) is 2.23. The molecule has 0 heterocycles. The van der Waals surface area contributed by atoms with E-state index in [2.05, 4.69) is 16.2 Å². The van der Waals surface area contributed by atoms with Gasteiger partial charge >= 0.3 is 0 Å². The number of hydrazine groups is 1. The van der Waals surface area contributed by atoms with Gasteiger partial charge < -0.3 is 5.32 Å². The standard InChI is InChI=1S/C19H19ClFN3O3/c1-11(2)16(22-17(25)12-5-9-15(21)10-6-12)19(27)24-23-18(26)13-3-7-14(20)8-4-13/h3-11,16H,1-2H3,(H,22,25)(H,23,26)(H,24,27). The Morgan fingerprint density at radius 1 is 0.852 bits per heavy atom. The lowest BCUT2D eigenvalue weighted by molar-refractivity contribution is -0.124. The monoisotopic (exact) mass is 391 g/mol. The molecule has 2 aromatic carbocycles. The van der Waals surface area contributed by atoms with Crippen molar-refractivity contribution in [3.63, 3.8) is 0 Å². The van der Waals surface area contributed by atoms with E-state index < -0.39 is 29.6 Å². The molecule has 0 spiro atoms.